The van der Waals surface area contributed by atoms with Gasteiger partial charge >= 0.3 is 0 Å². The Labute approximate surface area is 105 Å². The van der Waals surface area contributed by atoms with E-state index in [0.29, 0.717) is 13.2 Å². The van der Waals surface area contributed by atoms with Gasteiger partial charge in [0.15, 0.2) is 0 Å². The number of methoxy groups -OCH3 is 1. The molecule has 0 unspecified atom stereocenters. The van der Waals surface area contributed by atoms with E-state index in [1.54, 1.807) is 23.9 Å². The summed E-state index contributed by atoms with van der Waals surface area (Å²) >= 11 is 0. The normalized spacial score (nSPS) is 10.8. The van der Waals surface area contributed by atoms with E-state index in [1.807, 2.05) is 12.3 Å². The summed E-state index contributed by atoms with van der Waals surface area (Å²) in [6.07, 6.45) is 1.86. The van der Waals surface area contributed by atoms with Crippen LogP contribution in [0.4, 0.5) is 4.39 Å². The fourth-order valence-corrected chi connectivity index (χ4v) is 1.58. The minimum atomic E-state index is -0.243. The number of hydrogen-bond donors (Lipinski definition) is 1. The number of nitrogens with one attached hydrogen (secondary N) is 1. The highest BCUT2D eigenvalue weighted by Crippen LogP contribution is 2.08. The van der Waals surface area contributed by atoms with Crippen molar-refractivity contribution in [1.29, 1.82) is 0 Å². The Hall–Kier alpha value is -1.72. The average molecular weight is 249 g/mol. The van der Waals surface area contributed by atoms with Crippen molar-refractivity contribution in [2.45, 2.75) is 6.54 Å². The third-order valence-electron chi connectivity index (χ3n) is 2.52. The van der Waals surface area contributed by atoms with E-state index in [-0.39, 0.29) is 5.82 Å². The van der Waals surface area contributed by atoms with Crippen LogP contribution in [0.5, 0.6) is 0 Å². The van der Waals surface area contributed by atoms with Gasteiger partial charge in [-0.15, -0.1) is 0 Å². The van der Waals surface area contributed by atoms with Crippen molar-refractivity contribution in [1.82, 2.24) is 15.1 Å². The number of benzene rings is 1. The zero-order valence-electron chi connectivity index (χ0n) is 10.3. The molecule has 1 N–H and O–H groups in total. The van der Waals surface area contributed by atoms with Crippen LogP contribution in [0.3, 0.4) is 0 Å². The summed E-state index contributed by atoms with van der Waals surface area (Å²) in [6.45, 7) is 2.16. The standard InChI is InChI=1S/C13H16FN3O/c1-18-9-7-15-10-12-6-8-17(16-12)13-4-2-11(14)3-5-13/h2-6,8,15H,7,9-10H2,1H3. The number of nitrogens with zero attached hydrogens (tertiary/aromatic N) is 2. The second kappa shape index (κ2) is 6.28. The third kappa shape index (κ3) is 3.38. The van der Waals surface area contributed by atoms with Crippen molar-refractivity contribution in [3.05, 3.63) is 48.0 Å². The van der Waals surface area contributed by atoms with Gasteiger partial charge < -0.3 is 10.1 Å². The van der Waals surface area contributed by atoms with E-state index in [4.69, 9.17) is 4.74 Å². The molecule has 2 rings (SSSR count). The summed E-state index contributed by atoms with van der Waals surface area (Å²) in [7, 11) is 1.67. The number of ether oxygens (including phenoxy) is 1. The molecular weight excluding hydrogens is 233 g/mol. The minimum Gasteiger partial charge on any atom is -0.383 e. The fourth-order valence-electron chi connectivity index (χ4n) is 1.58. The third-order valence-corrected chi connectivity index (χ3v) is 2.52. The summed E-state index contributed by atoms with van der Waals surface area (Å²) < 4.78 is 19.5. The van der Waals surface area contributed by atoms with E-state index >= 15 is 0 Å². The van der Waals surface area contributed by atoms with Crippen molar-refractivity contribution in [3.8, 4) is 5.69 Å². The lowest BCUT2D eigenvalue weighted by Gasteiger charge is -2.02. The maximum absolute atomic E-state index is 12.8. The first-order valence-electron chi connectivity index (χ1n) is 5.80. The molecule has 0 saturated heterocycles. The smallest absolute Gasteiger partial charge is 0.123 e. The van der Waals surface area contributed by atoms with E-state index < -0.39 is 0 Å². The van der Waals surface area contributed by atoms with Crippen LogP contribution in [0.15, 0.2) is 36.5 Å². The quantitative estimate of drug-likeness (QED) is 0.793. The molecule has 0 saturated carbocycles. The average Bonchev–Trinajstić information content (AvgIpc) is 2.84. The Kier molecular flexibility index (Phi) is 4.44. The second-order valence-corrected chi connectivity index (χ2v) is 3.90. The summed E-state index contributed by atoms with van der Waals surface area (Å²) in [6, 6.07) is 8.18. The van der Waals surface area contributed by atoms with Gasteiger partial charge in [0, 0.05) is 26.4 Å². The first kappa shape index (κ1) is 12.7. The van der Waals surface area contributed by atoms with Gasteiger partial charge in [-0.3, -0.25) is 0 Å². The summed E-state index contributed by atoms with van der Waals surface area (Å²) in [5, 5.41) is 7.61. The molecule has 1 aromatic carbocycles. The van der Waals surface area contributed by atoms with E-state index in [0.717, 1.165) is 17.9 Å². The van der Waals surface area contributed by atoms with Crippen LogP contribution in [-0.2, 0) is 11.3 Å². The van der Waals surface area contributed by atoms with Gasteiger partial charge in [-0.2, -0.15) is 5.10 Å². The first-order valence-corrected chi connectivity index (χ1v) is 5.80. The number of hydrogen-bond acceptors (Lipinski definition) is 3. The van der Waals surface area contributed by atoms with Gasteiger partial charge in [0.1, 0.15) is 5.82 Å². The molecule has 2 aromatic rings. The topological polar surface area (TPSA) is 39.1 Å². The fraction of sp³-hybridized carbons (Fsp3) is 0.308. The van der Waals surface area contributed by atoms with Gasteiger partial charge in [-0.1, -0.05) is 0 Å². The van der Waals surface area contributed by atoms with E-state index in [1.165, 1.54) is 12.1 Å². The van der Waals surface area contributed by atoms with Gasteiger partial charge in [-0.05, 0) is 30.3 Å². The number of halogens is 1. The minimum absolute atomic E-state index is 0.243. The largest absolute Gasteiger partial charge is 0.383 e. The van der Waals surface area contributed by atoms with Crippen molar-refractivity contribution in [2.75, 3.05) is 20.3 Å². The maximum atomic E-state index is 12.8. The maximum Gasteiger partial charge on any atom is 0.123 e. The second-order valence-electron chi connectivity index (χ2n) is 3.90. The molecular formula is C13H16FN3O. The van der Waals surface area contributed by atoms with Crippen LogP contribution in [0.1, 0.15) is 5.69 Å². The molecule has 0 fully saturated rings. The van der Waals surface area contributed by atoms with Gasteiger partial charge in [0.05, 0.1) is 18.0 Å². The highest BCUT2D eigenvalue weighted by molar-refractivity contribution is 5.31. The lowest BCUT2D eigenvalue weighted by atomic mass is 10.3. The van der Waals surface area contributed by atoms with Crippen LogP contribution in [-0.4, -0.2) is 30.0 Å². The Balaban J connectivity index is 1.95. The van der Waals surface area contributed by atoms with E-state index in [2.05, 4.69) is 10.4 Å². The lowest BCUT2D eigenvalue weighted by Crippen LogP contribution is -2.18. The molecule has 5 heteroatoms. The molecule has 0 aliphatic carbocycles. The Bertz CT molecular complexity index is 481. The van der Waals surface area contributed by atoms with Crippen LogP contribution >= 0.6 is 0 Å². The van der Waals surface area contributed by atoms with Crippen molar-refractivity contribution in [2.24, 2.45) is 0 Å². The van der Waals surface area contributed by atoms with E-state index in [9.17, 15) is 4.39 Å². The molecule has 0 bridgehead atoms. The number of rotatable bonds is 6. The predicted octanol–water partition coefficient (Wildman–Crippen LogP) is 1.75. The molecule has 1 heterocycles. The Morgan fingerprint density at radius 1 is 1.28 bits per heavy atom. The molecule has 0 radical (unpaired) electrons. The van der Waals surface area contributed by atoms with Crippen LogP contribution < -0.4 is 5.32 Å². The Morgan fingerprint density at radius 3 is 2.78 bits per heavy atom. The van der Waals surface area contributed by atoms with Crippen molar-refractivity contribution >= 4 is 0 Å². The highest BCUT2D eigenvalue weighted by Gasteiger charge is 2.01. The molecule has 0 atom stereocenters. The monoisotopic (exact) mass is 249 g/mol. The first-order chi connectivity index (χ1) is 8.79. The predicted molar refractivity (Wildman–Crippen MR) is 67.1 cm³/mol. The molecule has 4 nitrogen and oxygen atoms in total. The molecule has 0 amide bonds. The van der Waals surface area contributed by atoms with Gasteiger partial charge in [0.25, 0.3) is 0 Å². The lowest BCUT2D eigenvalue weighted by molar-refractivity contribution is 0.199. The molecule has 1 aromatic heterocycles. The van der Waals surface area contributed by atoms with Crippen LogP contribution in [0.25, 0.3) is 5.69 Å². The summed E-state index contributed by atoms with van der Waals surface area (Å²) in [5.74, 6) is -0.243. The zero-order chi connectivity index (χ0) is 12.8. The van der Waals surface area contributed by atoms with Gasteiger partial charge in [-0.25, -0.2) is 9.07 Å². The highest BCUT2D eigenvalue weighted by atomic mass is 19.1. The molecule has 96 valence electrons. The summed E-state index contributed by atoms with van der Waals surface area (Å²) in [5.41, 5.74) is 1.79. The van der Waals surface area contributed by atoms with Gasteiger partial charge in [0.2, 0.25) is 0 Å². The van der Waals surface area contributed by atoms with Crippen LogP contribution in [0.2, 0.25) is 0 Å². The summed E-state index contributed by atoms with van der Waals surface area (Å²) in [4.78, 5) is 0. The molecule has 0 aliphatic heterocycles. The van der Waals surface area contributed by atoms with Crippen molar-refractivity contribution < 1.29 is 9.13 Å². The number of aromatic nitrogens is 2. The Morgan fingerprint density at radius 2 is 2.06 bits per heavy atom. The molecule has 18 heavy (non-hydrogen) atoms. The van der Waals surface area contributed by atoms with Crippen LogP contribution in [0, 0.1) is 5.82 Å². The SMILES string of the molecule is COCCNCc1ccn(-c2ccc(F)cc2)n1. The molecule has 0 aliphatic rings. The molecule has 0 spiro atoms. The zero-order valence-corrected chi connectivity index (χ0v) is 10.3. The van der Waals surface area contributed by atoms with Crippen molar-refractivity contribution in [3.63, 3.8) is 0 Å².